The Morgan fingerprint density at radius 3 is 2.89 bits per heavy atom. The number of aromatic nitrogens is 5. The van der Waals surface area contributed by atoms with Crippen LogP contribution in [0.4, 0.5) is 11.6 Å². The quantitative estimate of drug-likeness (QED) is 0.650. The maximum atomic E-state index is 9.28. The highest BCUT2D eigenvalue weighted by Gasteiger charge is 2.16. The molecule has 0 aliphatic rings. The van der Waals surface area contributed by atoms with E-state index in [2.05, 4.69) is 31.8 Å². The number of anilines is 2. The van der Waals surface area contributed by atoms with E-state index in [0.717, 1.165) is 23.0 Å². The smallest absolute Gasteiger partial charge is 0.149 e. The summed E-state index contributed by atoms with van der Waals surface area (Å²) in [5.41, 5.74) is 7.69. The molecule has 8 heteroatoms. The van der Waals surface area contributed by atoms with Crippen molar-refractivity contribution in [2.45, 2.75) is 13.5 Å². The summed E-state index contributed by atoms with van der Waals surface area (Å²) in [6, 6.07) is 7.68. The average Bonchev–Trinajstić information content (AvgIpc) is 3.00. The van der Waals surface area contributed by atoms with E-state index in [1.54, 1.807) is 12.3 Å². The van der Waals surface area contributed by atoms with Crippen LogP contribution in [0.1, 0.15) is 22.8 Å². The van der Waals surface area contributed by atoms with E-state index in [4.69, 9.17) is 5.73 Å². The zero-order valence-corrected chi connectivity index (χ0v) is 14.8. The molecule has 27 heavy (non-hydrogen) atoms. The number of allylic oxidation sites excluding steroid dienone is 2. The Bertz CT molecular complexity index is 1030. The molecule has 0 unspecified atom stereocenters. The van der Waals surface area contributed by atoms with Crippen molar-refractivity contribution < 1.29 is 0 Å². The first-order chi connectivity index (χ1) is 13.2. The minimum absolute atomic E-state index is 0.133. The Morgan fingerprint density at radius 2 is 2.19 bits per heavy atom. The maximum Gasteiger partial charge on any atom is 0.149 e. The van der Waals surface area contributed by atoms with Gasteiger partial charge in [0.05, 0.1) is 17.9 Å². The van der Waals surface area contributed by atoms with Crippen LogP contribution in [0.5, 0.6) is 0 Å². The molecular weight excluding hydrogens is 340 g/mol. The van der Waals surface area contributed by atoms with E-state index in [-0.39, 0.29) is 11.4 Å². The van der Waals surface area contributed by atoms with Crippen LogP contribution in [0, 0.1) is 18.3 Å². The fraction of sp³-hybridized carbons (Fsp3) is 0.105. The summed E-state index contributed by atoms with van der Waals surface area (Å²) in [4.78, 5) is 17.0. The highest BCUT2D eigenvalue weighted by atomic mass is 15.2. The van der Waals surface area contributed by atoms with Gasteiger partial charge in [-0.2, -0.15) is 5.26 Å². The van der Waals surface area contributed by atoms with Crippen molar-refractivity contribution in [3.05, 3.63) is 72.2 Å². The molecular formula is C19H18N8. The van der Waals surface area contributed by atoms with Crippen LogP contribution in [0.2, 0.25) is 0 Å². The second kappa shape index (κ2) is 7.93. The summed E-state index contributed by atoms with van der Waals surface area (Å²) in [6.45, 7) is 5.97. The molecule has 0 fully saturated rings. The number of nitrogens with one attached hydrogen (secondary N) is 1. The van der Waals surface area contributed by atoms with Gasteiger partial charge in [-0.15, -0.1) is 0 Å². The van der Waals surface area contributed by atoms with Crippen molar-refractivity contribution in [1.29, 1.82) is 5.26 Å². The molecule has 0 saturated carbocycles. The molecule has 0 amide bonds. The van der Waals surface area contributed by atoms with E-state index in [1.807, 2.05) is 47.9 Å². The number of imidazole rings is 1. The third-order valence-electron chi connectivity index (χ3n) is 3.84. The molecule has 134 valence electrons. The molecule has 3 aromatic heterocycles. The summed E-state index contributed by atoms with van der Waals surface area (Å²) < 4.78 is 1.94. The Hall–Kier alpha value is -3.99. The number of rotatable bonds is 6. The monoisotopic (exact) mass is 358 g/mol. The van der Waals surface area contributed by atoms with E-state index >= 15 is 0 Å². The van der Waals surface area contributed by atoms with Crippen molar-refractivity contribution in [2.24, 2.45) is 0 Å². The first kappa shape index (κ1) is 17.8. The average molecular weight is 358 g/mol. The van der Waals surface area contributed by atoms with Crippen LogP contribution < -0.4 is 11.1 Å². The lowest BCUT2D eigenvalue weighted by Gasteiger charge is -2.11. The Morgan fingerprint density at radius 1 is 1.33 bits per heavy atom. The van der Waals surface area contributed by atoms with Gasteiger partial charge < -0.3 is 11.1 Å². The standard InChI is InChI=1S/C19H18N8/c1-3-4-7-15-13(2)26-17(27(15)16-8-5-6-9-22-16)11-23-19-14(10-20)18(21)24-12-25-19/h3-9,12H,1,11H2,2H3,(H3,21,23,24,25)/b7-4-. The van der Waals surface area contributed by atoms with Gasteiger partial charge in [0.2, 0.25) is 0 Å². The number of nitrogen functional groups attached to an aromatic ring is 1. The van der Waals surface area contributed by atoms with Gasteiger partial charge in [-0.1, -0.05) is 24.8 Å². The molecule has 3 rings (SSSR count). The third kappa shape index (κ3) is 3.67. The van der Waals surface area contributed by atoms with Crippen molar-refractivity contribution in [3.63, 3.8) is 0 Å². The second-order valence-electron chi connectivity index (χ2n) is 5.56. The van der Waals surface area contributed by atoms with Crippen LogP contribution in [-0.4, -0.2) is 24.5 Å². The predicted octanol–water partition coefficient (Wildman–Crippen LogP) is 2.63. The van der Waals surface area contributed by atoms with E-state index in [0.29, 0.717) is 12.4 Å². The van der Waals surface area contributed by atoms with Crippen molar-refractivity contribution in [2.75, 3.05) is 11.1 Å². The first-order valence-corrected chi connectivity index (χ1v) is 8.19. The van der Waals surface area contributed by atoms with Gasteiger partial charge in [0.1, 0.15) is 41.2 Å². The van der Waals surface area contributed by atoms with Crippen molar-refractivity contribution in [3.8, 4) is 11.9 Å². The zero-order chi connectivity index (χ0) is 19.2. The van der Waals surface area contributed by atoms with Crippen molar-refractivity contribution >= 4 is 17.7 Å². The molecule has 0 aliphatic carbocycles. The fourth-order valence-corrected chi connectivity index (χ4v) is 2.62. The maximum absolute atomic E-state index is 9.28. The van der Waals surface area contributed by atoms with Gasteiger partial charge in [-0.05, 0) is 25.1 Å². The molecule has 0 radical (unpaired) electrons. The molecule has 3 N–H and O–H groups in total. The van der Waals surface area contributed by atoms with Crippen molar-refractivity contribution in [1.82, 2.24) is 24.5 Å². The zero-order valence-electron chi connectivity index (χ0n) is 14.8. The summed E-state index contributed by atoms with van der Waals surface area (Å²) in [7, 11) is 0. The lowest BCUT2D eigenvalue weighted by atomic mass is 10.3. The van der Waals surface area contributed by atoms with Crippen LogP contribution in [0.3, 0.4) is 0 Å². The molecule has 0 atom stereocenters. The molecule has 0 aromatic carbocycles. The summed E-state index contributed by atoms with van der Waals surface area (Å²) in [5.74, 6) is 1.95. The molecule has 8 nitrogen and oxygen atoms in total. The summed E-state index contributed by atoms with van der Waals surface area (Å²) in [6.07, 6.45) is 8.52. The summed E-state index contributed by atoms with van der Waals surface area (Å²) in [5, 5.41) is 12.4. The number of aryl methyl sites for hydroxylation is 1. The molecule has 0 bridgehead atoms. The van der Waals surface area contributed by atoms with Gasteiger partial charge in [0, 0.05) is 6.20 Å². The Kier molecular flexibility index (Phi) is 5.23. The van der Waals surface area contributed by atoms with Gasteiger partial charge >= 0.3 is 0 Å². The van der Waals surface area contributed by atoms with Gasteiger partial charge in [-0.25, -0.2) is 19.9 Å². The SMILES string of the molecule is C=C/C=C\c1c(C)nc(CNc2ncnc(N)c2C#N)n1-c1ccccn1. The Labute approximate surface area is 156 Å². The van der Waals surface area contributed by atoms with Crippen LogP contribution >= 0.6 is 0 Å². The number of hydrogen-bond donors (Lipinski definition) is 2. The minimum atomic E-state index is 0.133. The van der Waals surface area contributed by atoms with Gasteiger partial charge in [0.25, 0.3) is 0 Å². The topological polar surface area (TPSA) is 118 Å². The number of hydrogen-bond acceptors (Lipinski definition) is 7. The molecule has 0 saturated heterocycles. The van der Waals surface area contributed by atoms with Gasteiger partial charge in [0.15, 0.2) is 0 Å². The van der Waals surface area contributed by atoms with Crippen LogP contribution in [0.15, 0.2) is 49.5 Å². The second-order valence-corrected chi connectivity index (χ2v) is 5.56. The molecule has 0 aliphatic heterocycles. The first-order valence-electron chi connectivity index (χ1n) is 8.19. The summed E-state index contributed by atoms with van der Waals surface area (Å²) >= 11 is 0. The van der Waals surface area contributed by atoms with Crippen LogP contribution in [-0.2, 0) is 6.54 Å². The predicted molar refractivity (Wildman–Crippen MR) is 104 cm³/mol. The third-order valence-corrected chi connectivity index (χ3v) is 3.84. The van der Waals surface area contributed by atoms with E-state index in [1.165, 1.54) is 6.33 Å². The minimum Gasteiger partial charge on any atom is -0.382 e. The lowest BCUT2D eigenvalue weighted by molar-refractivity contribution is 0.864. The Balaban J connectivity index is 2.01. The largest absolute Gasteiger partial charge is 0.382 e. The highest BCUT2D eigenvalue weighted by molar-refractivity contribution is 5.62. The molecule has 3 heterocycles. The normalized spacial score (nSPS) is 10.7. The number of nitrogens with two attached hydrogens (primary N) is 1. The lowest BCUT2D eigenvalue weighted by Crippen LogP contribution is -2.12. The van der Waals surface area contributed by atoms with Crippen LogP contribution in [0.25, 0.3) is 11.9 Å². The highest BCUT2D eigenvalue weighted by Crippen LogP contribution is 2.21. The number of nitriles is 1. The number of nitrogens with zero attached hydrogens (tertiary/aromatic N) is 6. The fourth-order valence-electron chi connectivity index (χ4n) is 2.62. The van der Waals surface area contributed by atoms with E-state index in [9.17, 15) is 5.26 Å². The molecule has 3 aromatic rings. The number of pyridine rings is 1. The van der Waals surface area contributed by atoms with E-state index < -0.39 is 0 Å². The molecule has 0 spiro atoms. The van der Waals surface area contributed by atoms with Gasteiger partial charge in [-0.3, -0.25) is 4.57 Å².